The largest absolute Gasteiger partial charge is 0.314 e. The van der Waals surface area contributed by atoms with Crippen LogP contribution < -0.4 is 5.32 Å². The number of pyridine rings is 1. The van der Waals surface area contributed by atoms with E-state index in [1.54, 1.807) is 17.5 Å². The van der Waals surface area contributed by atoms with E-state index in [-0.39, 0.29) is 12.4 Å². The van der Waals surface area contributed by atoms with E-state index in [0.29, 0.717) is 6.04 Å². The second kappa shape index (κ2) is 7.33. The number of thiazole rings is 1. The van der Waals surface area contributed by atoms with E-state index in [1.165, 1.54) is 5.56 Å². The Labute approximate surface area is 133 Å². The van der Waals surface area contributed by atoms with Crippen molar-refractivity contribution in [1.82, 2.24) is 20.2 Å². The number of hydrogen-bond donors (Lipinski definition) is 1. The summed E-state index contributed by atoms with van der Waals surface area (Å²) < 4.78 is 0.753. The van der Waals surface area contributed by atoms with Gasteiger partial charge >= 0.3 is 0 Å². The van der Waals surface area contributed by atoms with Crippen molar-refractivity contribution >= 4 is 35.3 Å². The molecular formula is C13H16Cl2N4S. The molecule has 0 radical (unpaired) electrons. The third-order valence-corrected chi connectivity index (χ3v) is 4.39. The summed E-state index contributed by atoms with van der Waals surface area (Å²) in [5.41, 5.74) is 1.25. The van der Waals surface area contributed by atoms with Crippen molar-refractivity contribution in [1.29, 1.82) is 0 Å². The summed E-state index contributed by atoms with van der Waals surface area (Å²) in [6.45, 7) is 3.82. The highest BCUT2D eigenvalue weighted by Gasteiger charge is 2.24. The van der Waals surface area contributed by atoms with Gasteiger partial charge in [0.25, 0.3) is 0 Å². The van der Waals surface area contributed by atoms with Crippen molar-refractivity contribution in [3.8, 4) is 0 Å². The topological polar surface area (TPSA) is 41.1 Å². The lowest BCUT2D eigenvalue weighted by Gasteiger charge is -2.35. The number of piperazine rings is 1. The number of nitrogens with zero attached hydrogens (tertiary/aromatic N) is 3. The van der Waals surface area contributed by atoms with Crippen LogP contribution in [0.2, 0.25) is 4.34 Å². The highest BCUT2D eigenvalue weighted by Crippen LogP contribution is 2.26. The highest BCUT2D eigenvalue weighted by atomic mass is 35.5. The molecule has 20 heavy (non-hydrogen) atoms. The van der Waals surface area contributed by atoms with Crippen molar-refractivity contribution in [2.45, 2.75) is 12.6 Å². The predicted octanol–water partition coefficient (Wildman–Crippen LogP) is 2.76. The lowest BCUT2D eigenvalue weighted by Crippen LogP contribution is -2.45. The molecule has 0 saturated carbocycles. The van der Waals surface area contributed by atoms with E-state index in [4.69, 9.17) is 11.6 Å². The van der Waals surface area contributed by atoms with Gasteiger partial charge in [-0.05, 0) is 11.6 Å². The Balaban J connectivity index is 0.00000147. The molecule has 2 aromatic rings. The number of aromatic nitrogens is 2. The summed E-state index contributed by atoms with van der Waals surface area (Å²) >= 11 is 7.50. The lowest BCUT2D eigenvalue weighted by atomic mass is 10.1. The number of nitrogens with one attached hydrogen (secondary N) is 1. The first kappa shape index (κ1) is 15.7. The molecule has 1 N–H and O–H groups in total. The molecule has 0 aliphatic carbocycles. The second-order valence-electron chi connectivity index (χ2n) is 4.53. The molecule has 4 nitrogen and oxygen atoms in total. The molecule has 1 aliphatic rings. The summed E-state index contributed by atoms with van der Waals surface area (Å²) in [7, 11) is 0. The van der Waals surface area contributed by atoms with Crippen LogP contribution in [0.4, 0.5) is 0 Å². The number of halogens is 2. The van der Waals surface area contributed by atoms with Crippen molar-refractivity contribution in [3.05, 3.63) is 45.6 Å². The van der Waals surface area contributed by atoms with Crippen LogP contribution >= 0.6 is 35.3 Å². The summed E-state index contributed by atoms with van der Waals surface area (Å²) in [5.74, 6) is 0. The number of rotatable bonds is 3. The zero-order chi connectivity index (χ0) is 13.1. The fourth-order valence-electron chi connectivity index (χ4n) is 2.37. The molecule has 2 aromatic heterocycles. The third kappa shape index (κ3) is 3.68. The van der Waals surface area contributed by atoms with E-state index in [0.717, 1.165) is 35.5 Å². The van der Waals surface area contributed by atoms with Gasteiger partial charge in [-0.3, -0.25) is 9.88 Å². The van der Waals surface area contributed by atoms with Crippen molar-refractivity contribution in [2.75, 3.05) is 19.6 Å². The van der Waals surface area contributed by atoms with Gasteiger partial charge in [-0.25, -0.2) is 4.98 Å². The second-order valence-corrected chi connectivity index (χ2v) is 6.28. The Kier molecular flexibility index (Phi) is 5.74. The molecule has 0 amide bonds. The minimum Gasteiger partial charge on any atom is -0.314 e. The normalized spacial score (nSPS) is 19.6. The Morgan fingerprint density at radius 2 is 2.35 bits per heavy atom. The Hall–Kier alpha value is -0.720. The van der Waals surface area contributed by atoms with Gasteiger partial charge in [-0.15, -0.1) is 23.7 Å². The van der Waals surface area contributed by atoms with Gasteiger partial charge < -0.3 is 5.32 Å². The summed E-state index contributed by atoms with van der Waals surface area (Å²) in [5, 5.41) is 4.51. The van der Waals surface area contributed by atoms with Crippen LogP contribution in [0.1, 0.15) is 16.6 Å². The molecule has 0 bridgehead atoms. The highest BCUT2D eigenvalue weighted by molar-refractivity contribution is 7.15. The molecule has 0 aromatic carbocycles. The van der Waals surface area contributed by atoms with Crippen LogP contribution in [-0.4, -0.2) is 34.5 Å². The molecule has 7 heteroatoms. The van der Waals surface area contributed by atoms with Gasteiger partial charge in [0.15, 0.2) is 0 Å². The minimum atomic E-state index is 0. The van der Waals surface area contributed by atoms with Crippen LogP contribution in [0.15, 0.2) is 30.7 Å². The fourth-order valence-corrected chi connectivity index (χ4v) is 3.35. The summed E-state index contributed by atoms with van der Waals surface area (Å²) in [6.07, 6.45) is 5.48. The molecule has 108 valence electrons. The SMILES string of the molecule is Cl.Clc1cnc(CN2CCNCC2c2cccnc2)s1. The Bertz CT molecular complexity index is 534. The molecule has 1 saturated heterocycles. The van der Waals surface area contributed by atoms with Crippen molar-refractivity contribution in [3.63, 3.8) is 0 Å². The third-order valence-electron chi connectivity index (χ3n) is 3.29. The molecule has 1 atom stereocenters. The van der Waals surface area contributed by atoms with Crippen LogP contribution in [0, 0.1) is 0 Å². The van der Waals surface area contributed by atoms with Gasteiger partial charge in [-0.1, -0.05) is 17.7 Å². The van der Waals surface area contributed by atoms with Crippen LogP contribution in [0.3, 0.4) is 0 Å². The Morgan fingerprint density at radius 3 is 3.05 bits per heavy atom. The molecular weight excluding hydrogens is 315 g/mol. The average molecular weight is 331 g/mol. The van der Waals surface area contributed by atoms with Crippen molar-refractivity contribution < 1.29 is 0 Å². The van der Waals surface area contributed by atoms with Gasteiger partial charge in [0.1, 0.15) is 9.34 Å². The van der Waals surface area contributed by atoms with Crippen LogP contribution in [0.5, 0.6) is 0 Å². The minimum absolute atomic E-state index is 0. The maximum Gasteiger partial charge on any atom is 0.113 e. The number of hydrogen-bond acceptors (Lipinski definition) is 5. The van der Waals surface area contributed by atoms with Gasteiger partial charge in [0, 0.05) is 38.1 Å². The van der Waals surface area contributed by atoms with E-state index < -0.39 is 0 Å². The summed E-state index contributed by atoms with van der Waals surface area (Å²) in [4.78, 5) is 11.0. The average Bonchev–Trinajstić information content (AvgIpc) is 2.86. The lowest BCUT2D eigenvalue weighted by molar-refractivity contribution is 0.153. The molecule has 0 spiro atoms. The standard InChI is InChI=1S/C13H15ClN4S.ClH/c14-12-8-17-13(19-12)9-18-5-4-16-7-11(18)10-2-1-3-15-6-10;/h1-3,6,8,11,16H,4-5,7,9H2;1H. The first-order valence-corrected chi connectivity index (χ1v) is 7.47. The zero-order valence-electron chi connectivity index (χ0n) is 10.8. The Morgan fingerprint density at radius 1 is 1.45 bits per heavy atom. The summed E-state index contributed by atoms with van der Waals surface area (Å²) in [6, 6.07) is 4.47. The van der Waals surface area contributed by atoms with Crippen LogP contribution in [0.25, 0.3) is 0 Å². The van der Waals surface area contributed by atoms with Gasteiger partial charge in [-0.2, -0.15) is 0 Å². The van der Waals surface area contributed by atoms with Gasteiger partial charge in [0.05, 0.1) is 12.7 Å². The zero-order valence-corrected chi connectivity index (χ0v) is 13.2. The van der Waals surface area contributed by atoms with Crippen molar-refractivity contribution in [2.24, 2.45) is 0 Å². The van der Waals surface area contributed by atoms with Crippen LogP contribution in [-0.2, 0) is 6.54 Å². The quantitative estimate of drug-likeness (QED) is 0.939. The molecule has 1 fully saturated rings. The predicted molar refractivity (Wildman–Crippen MR) is 84.6 cm³/mol. The van der Waals surface area contributed by atoms with E-state index in [9.17, 15) is 0 Å². The smallest absolute Gasteiger partial charge is 0.113 e. The van der Waals surface area contributed by atoms with E-state index >= 15 is 0 Å². The molecule has 3 rings (SSSR count). The van der Waals surface area contributed by atoms with Gasteiger partial charge in [0.2, 0.25) is 0 Å². The maximum absolute atomic E-state index is 5.95. The monoisotopic (exact) mass is 330 g/mol. The first-order valence-electron chi connectivity index (χ1n) is 6.28. The maximum atomic E-state index is 5.95. The fraction of sp³-hybridized carbons (Fsp3) is 0.385. The molecule has 1 unspecified atom stereocenters. The molecule has 3 heterocycles. The van der Waals surface area contributed by atoms with E-state index in [2.05, 4.69) is 26.3 Å². The molecule has 1 aliphatic heterocycles. The first-order chi connectivity index (χ1) is 9.33. The van der Waals surface area contributed by atoms with E-state index in [1.807, 2.05) is 18.5 Å².